The molecule has 57 heavy (non-hydrogen) atoms. The fourth-order valence-corrected chi connectivity index (χ4v) is 8.05. The van der Waals surface area contributed by atoms with E-state index in [1.807, 2.05) is 42.5 Å². The number of hydrogen-bond acceptors (Lipinski definition) is 4. The van der Waals surface area contributed by atoms with E-state index in [0.29, 0.717) is 0 Å². The third-order valence-electron chi connectivity index (χ3n) is 11.1. The zero-order valence-corrected chi connectivity index (χ0v) is 35.3. The van der Waals surface area contributed by atoms with Crippen molar-refractivity contribution in [1.29, 1.82) is 0 Å². The lowest BCUT2D eigenvalue weighted by Gasteiger charge is -2.29. The summed E-state index contributed by atoms with van der Waals surface area (Å²) in [5, 5.41) is 10.8. The molecule has 6 aromatic rings. The van der Waals surface area contributed by atoms with Crippen LogP contribution in [-0.2, 0) is 12.0 Å². The Morgan fingerprint density at radius 2 is 0.965 bits per heavy atom. The predicted octanol–water partition coefficient (Wildman–Crippen LogP) is 12.8. The molecule has 0 unspecified atom stereocenters. The molecule has 0 heterocycles. The summed E-state index contributed by atoms with van der Waals surface area (Å²) in [6, 6.07) is 37.9. The maximum atomic E-state index is 10.8. The molecule has 0 atom stereocenters. The van der Waals surface area contributed by atoms with Crippen molar-refractivity contribution in [1.82, 2.24) is 0 Å². The topological polar surface area (TPSA) is 54.2 Å². The van der Waals surface area contributed by atoms with Gasteiger partial charge in [0, 0.05) is 11.0 Å². The van der Waals surface area contributed by atoms with Crippen molar-refractivity contribution in [2.45, 2.75) is 81.3 Å². The lowest BCUT2D eigenvalue weighted by Crippen LogP contribution is -2.20. The molecular formula is C53H54N2O2. The number of aliphatic hydroxyl groups excluding tert-OH is 1. The molecule has 0 aliphatic rings. The van der Waals surface area contributed by atoms with Crippen molar-refractivity contribution in [2.24, 2.45) is 9.98 Å². The standard InChI is InChI=1S/C53H54N2O2/c1-33-24-37(5)51(38(6)25-33)46(30-54-48-18-14-12-16-35(48)3)44-28-42(21-20-41(44)32-56)53(9,10)43-22-23-50(57-11)45(29-43)47(31-55-49-19-15-13-17-36(49)4)52-39(7)26-34(2)27-40(52)8/h12-29,56H,32H2,1-11H3. The van der Waals surface area contributed by atoms with Crippen molar-refractivity contribution in [3.05, 3.63) is 193 Å². The molecule has 6 rings (SSSR count). The van der Waals surface area contributed by atoms with Crippen LogP contribution in [0.15, 0.2) is 119 Å². The molecule has 0 fully saturated rings. The van der Waals surface area contributed by atoms with Crippen molar-refractivity contribution >= 4 is 34.3 Å². The molecular weight excluding hydrogens is 697 g/mol. The van der Waals surface area contributed by atoms with Gasteiger partial charge in [0.1, 0.15) is 5.75 Å². The molecule has 0 amide bonds. The van der Waals surface area contributed by atoms with Crippen LogP contribution in [0.5, 0.6) is 5.75 Å². The molecule has 288 valence electrons. The fraction of sp³-hybridized carbons (Fsp3) is 0.245. The summed E-state index contributed by atoms with van der Waals surface area (Å²) in [4.78, 5) is 9.88. The minimum atomic E-state index is -0.477. The second kappa shape index (κ2) is 17.0. The van der Waals surface area contributed by atoms with Gasteiger partial charge < -0.3 is 9.84 Å². The van der Waals surface area contributed by atoms with Crippen molar-refractivity contribution in [3.63, 3.8) is 0 Å². The largest absolute Gasteiger partial charge is 0.496 e. The summed E-state index contributed by atoms with van der Waals surface area (Å²) < 4.78 is 6.08. The Balaban J connectivity index is 1.59. The molecule has 0 spiro atoms. The Kier molecular flexibility index (Phi) is 12.1. The minimum absolute atomic E-state index is 0.119. The van der Waals surface area contributed by atoms with Crippen LogP contribution in [0.25, 0.3) is 11.1 Å². The van der Waals surface area contributed by atoms with Crippen LogP contribution in [0, 0.1) is 55.4 Å². The fourth-order valence-electron chi connectivity index (χ4n) is 8.05. The minimum Gasteiger partial charge on any atom is -0.496 e. The van der Waals surface area contributed by atoms with Gasteiger partial charge in [-0.05, 0) is 164 Å². The SMILES string of the molecule is COc1ccc(C(C)(C)c2ccc(CO)c(C(=C=Nc3ccccc3C)c3c(C)cc(C)cc3C)c2)cc1C(=C=Nc1ccccc1C)c1c(C)cc(C)cc1C. The van der Waals surface area contributed by atoms with Crippen LogP contribution in [0.4, 0.5) is 11.4 Å². The molecule has 4 nitrogen and oxygen atoms in total. The highest BCUT2D eigenvalue weighted by atomic mass is 16.5. The summed E-state index contributed by atoms with van der Waals surface area (Å²) in [5.74, 6) is 7.76. The lowest BCUT2D eigenvalue weighted by molar-refractivity contribution is 0.281. The van der Waals surface area contributed by atoms with E-state index in [-0.39, 0.29) is 6.61 Å². The van der Waals surface area contributed by atoms with Gasteiger partial charge in [-0.3, -0.25) is 0 Å². The smallest absolute Gasteiger partial charge is 0.127 e. The third kappa shape index (κ3) is 8.55. The van der Waals surface area contributed by atoms with Crippen LogP contribution in [0.3, 0.4) is 0 Å². The van der Waals surface area contributed by atoms with Crippen LogP contribution < -0.4 is 4.74 Å². The zero-order valence-electron chi connectivity index (χ0n) is 35.3. The Bertz CT molecular complexity index is 2400. The Hall–Kier alpha value is -6.02. The van der Waals surface area contributed by atoms with Gasteiger partial charge in [-0.1, -0.05) is 104 Å². The first-order valence-electron chi connectivity index (χ1n) is 19.6. The Morgan fingerprint density at radius 3 is 1.40 bits per heavy atom. The number of nitrogens with zero attached hydrogens (tertiary/aromatic N) is 2. The number of aliphatic imine (C=N–C) groups is 2. The summed E-state index contributed by atoms with van der Waals surface area (Å²) in [6.45, 7) is 21.3. The van der Waals surface area contributed by atoms with Gasteiger partial charge in [-0.2, -0.15) is 0 Å². The van der Waals surface area contributed by atoms with Gasteiger partial charge in [0.25, 0.3) is 0 Å². The molecule has 0 aliphatic heterocycles. The molecule has 4 heteroatoms. The number of hydrogen-bond donors (Lipinski definition) is 1. The molecule has 0 aromatic heterocycles. The van der Waals surface area contributed by atoms with E-state index in [1.54, 1.807) is 7.11 Å². The van der Waals surface area contributed by atoms with Gasteiger partial charge >= 0.3 is 0 Å². The van der Waals surface area contributed by atoms with E-state index in [2.05, 4.69) is 148 Å². The van der Waals surface area contributed by atoms with E-state index >= 15 is 0 Å². The summed E-state index contributed by atoms with van der Waals surface area (Å²) in [5.41, 5.74) is 19.1. The average molecular weight is 751 g/mol. The first-order valence-corrected chi connectivity index (χ1v) is 19.6. The van der Waals surface area contributed by atoms with Gasteiger partial charge in [-0.25, -0.2) is 9.98 Å². The van der Waals surface area contributed by atoms with Crippen LogP contribution >= 0.6 is 0 Å². The number of benzene rings is 6. The first kappa shape index (κ1) is 40.6. The van der Waals surface area contributed by atoms with E-state index in [0.717, 1.165) is 101 Å². The van der Waals surface area contributed by atoms with Gasteiger partial charge in [0.15, 0.2) is 0 Å². The number of para-hydroxylation sites is 2. The summed E-state index contributed by atoms with van der Waals surface area (Å²) >= 11 is 0. The second-order valence-corrected chi connectivity index (χ2v) is 15.9. The van der Waals surface area contributed by atoms with E-state index in [1.165, 1.54) is 11.1 Å². The van der Waals surface area contributed by atoms with Gasteiger partial charge in [0.2, 0.25) is 0 Å². The highest BCUT2D eigenvalue weighted by Crippen LogP contribution is 2.41. The van der Waals surface area contributed by atoms with Crippen LogP contribution in [-0.4, -0.2) is 24.0 Å². The Labute approximate surface area is 339 Å². The molecule has 0 saturated heterocycles. The summed E-state index contributed by atoms with van der Waals surface area (Å²) in [6.07, 6.45) is 0. The molecule has 6 aromatic carbocycles. The normalized spacial score (nSPS) is 11.1. The number of aliphatic hydroxyl groups is 1. The van der Waals surface area contributed by atoms with Crippen molar-refractivity contribution in [3.8, 4) is 5.75 Å². The number of ether oxygens (including phenoxy) is 1. The Morgan fingerprint density at radius 1 is 0.544 bits per heavy atom. The summed E-state index contributed by atoms with van der Waals surface area (Å²) in [7, 11) is 1.72. The van der Waals surface area contributed by atoms with E-state index in [4.69, 9.17) is 14.7 Å². The second-order valence-electron chi connectivity index (χ2n) is 15.9. The quantitative estimate of drug-likeness (QED) is 0.142. The van der Waals surface area contributed by atoms with Crippen LogP contribution in [0.2, 0.25) is 0 Å². The number of rotatable bonds is 10. The first-order chi connectivity index (χ1) is 27.2. The molecule has 0 radical (unpaired) electrons. The maximum Gasteiger partial charge on any atom is 0.127 e. The highest BCUT2D eigenvalue weighted by Gasteiger charge is 2.28. The number of methoxy groups -OCH3 is 1. The molecule has 0 saturated carbocycles. The van der Waals surface area contributed by atoms with E-state index < -0.39 is 5.41 Å². The van der Waals surface area contributed by atoms with Crippen LogP contribution in [0.1, 0.15) is 97.3 Å². The van der Waals surface area contributed by atoms with E-state index in [9.17, 15) is 5.11 Å². The molecule has 0 aliphatic carbocycles. The van der Waals surface area contributed by atoms with Gasteiger partial charge in [0.05, 0.1) is 36.2 Å². The molecule has 1 N–H and O–H groups in total. The zero-order chi connectivity index (χ0) is 41.0. The monoisotopic (exact) mass is 750 g/mol. The average Bonchev–Trinajstić information content (AvgIpc) is 3.17. The highest BCUT2D eigenvalue weighted by molar-refractivity contribution is 6.03. The third-order valence-corrected chi connectivity index (χ3v) is 11.1. The van der Waals surface area contributed by atoms with Gasteiger partial charge in [-0.15, -0.1) is 0 Å². The predicted molar refractivity (Wildman–Crippen MR) is 240 cm³/mol. The lowest BCUT2D eigenvalue weighted by atomic mass is 9.75. The van der Waals surface area contributed by atoms with Crippen molar-refractivity contribution in [2.75, 3.05) is 7.11 Å². The maximum absolute atomic E-state index is 10.8. The number of aryl methyl sites for hydroxylation is 8. The van der Waals surface area contributed by atoms with Crippen molar-refractivity contribution < 1.29 is 9.84 Å². The molecule has 0 bridgehead atoms.